The molecule has 2 aliphatic heterocycles. The number of methoxy groups -OCH3 is 3. The quantitative estimate of drug-likeness (QED) is 0.0700. The molecule has 15 heteroatoms. The number of rotatable bonds is 21. The summed E-state index contributed by atoms with van der Waals surface area (Å²) in [4.78, 5) is 27.7. The molecule has 0 spiro atoms. The minimum Gasteiger partial charge on any atom is -0.497 e. The maximum absolute atomic E-state index is 13.6. The molecular weight excluding hydrogens is 763 g/mol. The van der Waals surface area contributed by atoms with Crippen LogP contribution in [0.5, 0.6) is 11.5 Å². The van der Waals surface area contributed by atoms with E-state index in [0.717, 1.165) is 16.7 Å². The van der Waals surface area contributed by atoms with Crippen molar-refractivity contribution in [1.29, 1.82) is 5.26 Å². The van der Waals surface area contributed by atoms with E-state index in [1.54, 1.807) is 28.3 Å². The second kappa shape index (κ2) is 21.2. The molecule has 2 fully saturated rings. The second-order valence-electron chi connectivity index (χ2n) is 14.7. The van der Waals surface area contributed by atoms with Crippen LogP contribution in [0.15, 0.2) is 78.9 Å². The first kappa shape index (κ1) is 44.9. The van der Waals surface area contributed by atoms with E-state index in [2.05, 4.69) is 43.8 Å². The lowest BCUT2D eigenvalue weighted by molar-refractivity contribution is -0.135. The second-order valence-corrected chi connectivity index (χ2v) is 16.1. The smallest absolute Gasteiger partial charge is 0.326 e. The number of hydrogen-bond acceptors (Lipinski definition) is 12. The van der Waals surface area contributed by atoms with Crippen LogP contribution in [0, 0.1) is 17.2 Å². The van der Waals surface area contributed by atoms with Gasteiger partial charge in [-0.3, -0.25) is 15.0 Å². The van der Waals surface area contributed by atoms with E-state index in [1.807, 2.05) is 78.9 Å². The molecule has 14 nitrogen and oxygen atoms in total. The summed E-state index contributed by atoms with van der Waals surface area (Å²) in [6, 6.07) is 26.9. The van der Waals surface area contributed by atoms with Gasteiger partial charge in [-0.2, -0.15) is 5.26 Å². The van der Waals surface area contributed by atoms with Gasteiger partial charge in [0.15, 0.2) is 6.23 Å². The van der Waals surface area contributed by atoms with Crippen LogP contribution < -0.4 is 14.8 Å². The molecule has 314 valence electrons. The normalized spacial score (nSPS) is 21.7. The average Bonchev–Trinajstić information content (AvgIpc) is 3.56. The van der Waals surface area contributed by atoms with Crippen molar-refractivity contribution in [3.8, 4) is 17.6 Å². The first-order chi connectivity index (χ1) is 28.0. The number of carbonyl (C=O) groups is 2. The number of hydrogen-bond donors (Lipinski definition) is 1. The van der Waals surface area contributed by atoms with Gasteiger partial charge in [-0.1, -0.05) is 61.5 Å². The molecule has 0 bridgehead atoms. The molecule has 2 saturated heterocycles. The van der Waals surface area contributed by atoms with Crippen LogP contribution in [0.1, 0.15) is 57.7 Å². The van der Waals surface area contributed by atoms with E-state index in [9.17, 15) is 14.9 Å². The molecule has 6 atom stereocenters. The van der Waals surface area contributed by atoms with Gasteiger partial charge in [0, 0.05) is 25.7 Å². The summed E-state index contributed by atoms with van der Waals surface area (Å²) in [5.41, 5.74) is 1.29. The Balaban J connectivity index is 1.65. The molecule has 58 heavy (non-hydrogen) atoms. The number of imide groups is 1. The third-order valence-electron chi connectivity index (χ3n) is 10.1. The topological polar surface area (TPSA) is 150 Å². The van der Waals surface area contributed by atoms with E-state index in [-0.39, 0.29) is 57.4 Å². The van der Waals surface area contributed by atoms with Gasteiger partial charge in [0.2, 0.25) is 5.91 Å². The Morgan fingerprint density at radius 3 is 1.98 bits per heavy atom. The fraction of sp³-hybridized carbons (Fsp3) is 0.512. The molecule has 3 aromatic carbocycles. The van der Waals surface area contributed by atoms with E-state index in [0.29, 0.717) is 11.5 Å². The van der Waals surface area contributed by atoms with Crippen molar-refractivity contribution in [3.05, 3.63) is 95.6 Å². The number of amides is 3. The van der Waals surface area contributed by atoms with Crippen molar-refractivity contribution in [2.24, 2.45) is 5.92 Å². The Morgan fingerprint density at radius 1 is 0.862 bits per heavy atom. The van der Waals surface area contributed by atoms with Crippen molar-refractivity contribution in [2.45, 2.75) is 83.3 Å². The molecule has 5 rings (SSSR count). The van der Waals surface area contributed by atoms with Gasteiger partial charge in [-0.05, 0) is 68.7 Å². The summed E-state index contributed by atoms with van der Waals surface area (Å²) in [6.45, 7) is 10.6. The monoisotopic (exact) mass is 820 g/mol. The lowest BCUT2D eigenvalue weighted by atomic mass is 9.80. The fourth-order valence-electron chi connectivity index (χ4n) is 7.33. The molecule has 2 heterocycles. The predicted octanol–water partition coefficient (Wildman–Crippen LogP) is 6.62. The van der Waals surface area contributed by atoms with Crippen LogP contribution in [-0.2, 0) is 38.4 Å². The van der Waals surface area contributed by atoms with Crippen molar-refractivity contribution in [2.75, 3.05) is 54.3 Å². The molecule has 0 aromatic heterocycles. The van der Waals surface area contributed by atoms with Crippen LogP contribution in [0.3, 0.4) is 0 Å². The Kier molecular flexibility index (Phi) is 16.4. The van der Waals surface area contributed by atoms with Gasteiger partial charge >= 0.3 is 6.03 Å². The maximum atomic E-state index is 13.6. The molecule has 3 aromatic rings. The van der Waals surface area contributed by atoms with Gasteiger partial charge in [-0.15, -0.1) is 0 Å². The highest BCUT2D eigenvalue weighted by molar-refractivity contribution is 7.44. The lowest BCUT2D eigenvalue weighted by Crippen LogP contribution is -2.60. The Bertz CT molecular complexity index is 1740. The highest BCUT2D eigenvalue weighted by Crippen LogP contribution is 2.50. The number of ether oxygens (including phenoxy) is 6. The van der Waals surface area contributed by atoms with Gasteiger partial charge in [0.05, 0.1) is 59.1 Å². The summed E-state index contributed by atoms with van der Waals surface area (Å²) < 4.78 is 52.8. The molecule has 0 aliphatic carbocycles. The van der Waals surface area contributed by atoms with Gasteiger partial charge < -0.3 is 37.5 Å². The Hall–Kier alpha value is -4.16. The molecule has 0 saturated carbocycles. The van der Waals surface area contributed by atoms with E-state index >= 15 is 0 Å². The average molecular weight is 821 g/mol. The summed E-state index contributed by atoms with van der Waals surface area (Å²) in [5.74, 6) is 0.498. The number of nitrogens with one attached hydrogen (secondary N) is 1. The zero-order valence-electron chi connectivity index (χ0n) is 34.7. The molecular formula is C43H57N4O10P. The number of nitriles is 1. The number of benzene rings is 3. The summed E-state index contributed by atoms with van der Waals surface area (Å²) in [6.07, 6.45) is -3.39. The first-order valence-corrected chi connectivity index (χ1v) is 20.7. The predicted molar refractivity (Wildman–Crippen MR) is 218 cm³/mol. The number of urea groups is 1. The Labute approximate surface area is 343 Å². The highest BCUT2D eigenvalue weighted by Gasteiger charge is 2.54. The number of nitrogens with zero attached hydrogens (tertiary/aromatic N) is 3. The summed E-state index contributed by atoms with van der Waals surface area (Å²) in [7, 11) is 3.01. The lowest BCUT2D eigenvalue weighted by Gasteiger charge is -2.39. The van der Waals surface area contributed by atoms with Crippen molar-refractivity contribution >= 4 is 20.5 Å². The van der Waals surface area contributed by atoms with E-state index in [4.69, 9.17) is 37.5 Å². The van der Waals surface area contributed by atoms with Crippen LogP contribution >= 0.6 is 8.53 Å². The summed E-state index contributed by atoms with van der Waals surface area (Å²) >= 11 is 0. The Morgan fingerprint density at radius 2 is 1.45 bits per heavy atom. The zero-order valence-corrected chi connectivity index (χ0v) is 35.6. The third kappa shape index (κ3) is 10.3. The molecule has 1 N–H and O–H groups in total. The largest absolute Gasteiger partial charge is 0.497 e. The van der Waals surface area contributed by atoms with Gasteiger partial charge in [-0.25, -0.2) is 9.46 Å². The molecule has 3 amide bonds. The van der Waals surface area contributed by atoms with Crippen molar-refractivity contribution in [3.63, 3.8) is 0 Å². The van der Waals surface area contributed by atoms with Crippen LogP contribution in [0.2, 0.25) is 0 Å². The SMILES string of the molecule is COCCOC1C(OP(OCCC#N)N(C(C)C)C(C)C)C(COC(c2ccccc2)(c2ccc(OC)cc2)c2ccc(OC)cc2)OC1N1CC(C)C(=O)NC1=O. The molecule has 0 radical (unpaired) electrons. The summed E-state index contributed by atoms with van der Waals surface area (Å²) in [5, 5.41) is 11.9. The van der Waals surface area contributed by atoms with Crippen LogP contribution in [0.4, 0.5) is 4.79 Å². The molecule has 2 aliphatic rings. The maximum Gasteiger partial charge on any atom is 0.326 e. The minimum absolute atomic E-state index is 0.00415. The highest BCUT2D eigenvalue weighted by atomic mass is 31.2. The number of carbonyl (C=O) groups excluding carboxylic acids is 2. The first-order valence-electron chi connectivity index (χ1n) is 19.6. The zero-order chi connectivity index (χ0) is 41.8. The minimum atomic E-state index is -1.81. The molecule has 6 unspecified atom stereocenters. The van der Waals surface area contributed by atoms with E-state index < -0.39 is 50.6 Å². The van der Waals surface area contributed by atoms with Crippen molar-refractivity contribution in [1.82, 2.24) is 14.9 Å². The van der Waals surface area contributed by atoms with Crippen LogP contribution in [0.25, 0.3) is 0 Å². The third-order valence-corrected chi connectivity index (χ3v) is 12.2. The van der Waals surface area contributed by atoms with Gasteiger partial charge in [0.25, 0.3) is 8.53 Å². The standard InChI is InChI=1S/C43H57N4O10P/c1-29(2)47(30(3)4)58(55-24-12-23-44)57-38-37(56-41(39(38)53-26-25-50-6)46-27-31(5)40(48)45-42(46)49)28-54-43(32-13-10-9-11-14-32,33-15-19-35(51-7)20-16-33)34-17-21-36(52-8)22-18-34/h9-11,13-22,29-31,37-39,41H,12,24-28H2,1-8H3,(H,45,48,49). The van der Waals surface area contributed by atoms with E-state index in [1.165, 1.54) is 4.90 Å². The van der Waals surface area contributed by atoms with Gasteiger partial charge in [0.1, 0.15) is 35.4 Å². The fourth-order valence-corrected chi connectivity index (χ4v) is 9.09. The van der Waals surface area contributed by atoms with Crippen LogP contribution in [-0.4, -0.2) is 112 Å². The van der Waals surface area contributed by atoms with Crippen molar-refractivity contribution < 1.29 is 47.1 Å².